The van der Waals surface area contributed by atoms with Gasteiger partial charge in [-0.05, 0) is 37.2 Å². The molecule has 9 nitrogen and oxygen atoms in total. The maximum atomic E-state index is 12.7. The fourth-order valence-corrected chi connectivity index (χ4v) is 3.91. The zero-order chi connectivity index (χ0) is 20.9. The molecule has 2 N–H and O–H groups in total. The number of hydrogen-bond acceptors (Lipinski definition) is 7. The molecule has 0 radical (unpaired) electrons. The van der Waals surface area contributed by atoms with Crippen LogP contribution in [-0.2, 0) is 9.59 Å². The largest absolute Gasteiger partial charge is 0.508 e. The van der Waals surface area contributed by atoms with Gasteiger partial charge in [0.1, 0.15) is 11.6 Å². The average Bonchev–Trinajstić information content (AvgIpc) is 3.25. The van der Waals surface area contributed by atoms with Crippen LogP contribution in [0.25, 0.3) is 0 Å². The first-order chi connectivity index (χ1) is 14.6. The number of phenolic OH excluding ortho intramolecular Hbond substituents is 1. The number of nitrogens with one attached hydrogen (secondary N) is 1. The average molecular weight is 410 g/mol. The highest BCUT2D eigenvalue weighted by atomic mass is 16.3. The lowest BCUT2D eigenvalue weighted by Crippen LogP contribution is -2.51. The van der Waals surface area contributed by atoms with E-state index < -0.39 is 0 Å². The van der Waals surface area contributed by atoms with Gasteiger partial charge in [0.2, 0.25) is 11.8 Å². The number of anilines is 2. The molecule has 9 heteroatoms. The molecule has 1 aromatic heterocycles. The Bertz CT molecular complexity index is 868. The molecular weight excluding hydrogens is 384 g/mol. The first kappa shape index (κ1) is 20.1. The molecule has 2 amide bonds. The Morgan fingerprint density at radius 2 is 1.83 bits per heavy atom. The van der Waals surface area contributed by atoms with Crippen molar-refractivity contribution >= 4 is 23.3 Å². The summed E-state index contributed by atoms with van der Waals surface area (Å²) >= 11 is 0. The molecule has 0 spiro atoms. The summed E-state index contributed by atoms with van der Waals surface area (Å²) < 4.78 is 0. The lowest BCUT2D eigenvalue weighted by atomic mass is 10.1. The Morgan fingerprint density at radius 1 is 1.07 bits per heavy atom. The van der Waals surface area contributed by atoms with Gasteiger partial charge in [-0.25, -0.2) is 4.98 Å². The molecule has 2 aliphatic heterocycles. The number of nitrogens with zero attached hydrogens (tertiary/aromatic N) is 5. The molecule has 2 fully saturated rings. The van der Waals surface area contributed by atoms with E-state index in [-0.39, 0.29) is 23.5 Å². The maximum absolute atomic E-state index is 12.7. The Hall–Kier alpha value is -3.20. The van der Waals surface area contributed by atoms with Crippen LogP contribution < -0.4 is 10.2 Å². The Kier molecular flexibility index (Phi) is 6.08. The number of rotatable bonds is 5. The van der Waals surface area contributed by atoms with Crippen molar-refractivity contribution in [2.24, 2.45) is 5.92 Å². The zero-order valence-corrected chi connectivity index (χ0v) is 16.8. The molecule has 1 atom stereocenters. The molecule has 0 saturated carbocycles. The summed E-state index contributed by atoms with van der Waals surface area (Å²) in [6.45, 7) is 4.45. The van der Waals surface area contributed by atoms with Gasteiger partial charge in [0, 0.05) is 50.8 Å². The van der Waals surface area contributed by atoms with Gasteiger partial charge < -0.3 is 20.2 Å². The maximum Gasteiger partial charge on any atom is 0.236 e. The third kappa shape index (κ3) is 4.85. The highest BCUT2D eigenvalue weighted by Crippen LogP contribution is 2.20. The number of aromatic hydroxyl groups is 1. The van der Waals surface area contributed by atoms with Gasteiger partial charge >= 0.3 is 0 Å². The number of carbonyl (C=O) groups is 2. The van der Waals surface area contributed by atoms with Gasteiger partial charge in [-0.2, -0.15) is 0 Å². The van der Waals surface area contributed by atoms with Crippen LogP contribution in [0, 0.1) is 5.92 Å². The summed E-state index contributed by atoms with van der Waals surface area (Å²) in [6.07, 6.45) is 5.80. The zero-order valence-electron chi connectivity index (χ0n) is 16.8. The summed E-state index contributed by atoms with van der Waals surface area (Å²) in [6, 6.07) is 6.42. The number of phenols is 1. The van der Waals surface area contributed by atoms with Gasteiger partial charge in [-0.15, -0.1) is 0 Å². The third-order valence-electron chi connectivity index (χ3n) is 5.64. The number of benzene rings is 1. The second kappa shape index (κ2) is 9.08. The summed E-state index contributed by atoms with van der Waals surface area (Å²) in [4.78, 5) is 39.7. The molecule has 2 saturated heterocycles. The first-order valence-corrected chi connectivity index (χ1v) is 10.2. The summed E-state index contributed by atoms with van der Waals surface area (Å²) in [5, 5.41) is 12.2. The van der Waals surface area contributed by atoms with Crippen LogP contribution in [0.15, 0.2) is 42.9 Å². The van der Waals surface area contributed by atoms with Crippen molar-refractivity contribution < 1.29 is 14.7 Å². The minimum absolute atomic E-state index is 0.0479. The van der Waals surface area contributed by atoms with Crippen molar-refractivity contribution in [2.45, 2.75) is 6.42 Å². The van der Waals surface area contributed by atoms with Gasteiger partial charge in [0.05, 0.1) is 18.7 Å². The van der Waals surface area contributed by atoms with Gasteiger partial charge in [0.25, 0.3) is 0 Å². The van der Waals surface area contributed by atoms with E-state index in [0.29, 0.717) is 31.9 Å². The van der Waals surface area contributed by atoms with Gasteiger partial charge in [0.15, 0.2) is 0 Å². The second-order valence-electron chi connectivity index (χ2n) is 7.69. The number of likely N-dealkylation sites (tertiary alicyclic amines) is 1. The van der Waals surface area contributed by atoms with Crippen molar-refractivity contribution in [3.8, 4) is 5.75 Å². The Labute approximate surface area is 175 Å². The van der Waals surface area contributed by atoms with Crippen LogP contribution in [0.3, 0.4) is 0 Å². The lowest BCUT2D eigenvalue weighted by Gasteiger charge is -2.35. The molecule has 0 bridgehead atoms. The van der Waals surface area contributed by atoms with Gasteiger partial charge in [-0.3, -0.25) is 19.5 Å². The Balaban J connectivity index is 1.22. The van der Waals surface area contributed by atoms with Crippen molar-refractivity contribution in [1.82, 2.24) is 19.8 Å². The molecule has 158 valence electrons. The molecule has 3 heterocycles. The molecule has 2 aromatic rings. The monoisotopic (exact) mass is 410 g/mol. The number of amides is 2. The molecular formula is C21H26N6O3. The van der Waals surface area contributed by atoms with Crippen LogP contribution in [0.2, 0.25) is 0 Å². The van der Waals surface area contributed by atoms with E-state index in [2.05, 4.69) is 25.1 Å². The van der Waals surface area contributed by atoms with E-state index in [1.807, 2.05) is 4.90 Å². The highest BCUT2D eigenvalue weighted by molar-refractivity contribution is 5.93. The van der Waals surface area contributed by atoms with Crippen LogP contribution in [0.5, 0.6) is 5.75 Å². The summed E-state index contributed by atoms with van der Waals surface area (Å²) in [5.74, 6) is 0.921. The SMILES string of the molecule is O=C(Nc1ccc(O)cc1)C1CCN(CC(=O)N2CCN(c3cnccn3)CC2)C1. The van der Waals surface area contributed by atoms with Crippen LogP contribution in [0.1, 0.15) is 6.42 Å². The second-order valence-corrected chi connectivity index (χ2v) is 7.69. The molecule has 0 aliphatic carbocycles. The van der Waals surface area contributed by atoms with Crippen LogP contribution in [-0.4, -0.2) is 82.5 Å². The van der Waals surface area contributed by atoms with Crippen LogP contribution in [0.4, 0.5) is 11.5 Å². The van der Waals surface area contributed by atoms with Crippen molar-refractivity contribution in [3.63, 3.8) is 0 Å². The molecule has 30 heavy (non-hydrogen) atoms. The molecule has 1 unspecified atom stereocenters. The standard InChI is InChI=1S/C21H26N6O3/c28-18-3-1-17(2-4-18)24-21(30)16-5-8-25(14-16)15-20(29)27-11-9-26(10-12-27)19-13-22-6-7-23-19/h1-4,6-7,13,16,28H,5,8-12,14-15H2,(H,24,30). The predicted octanol–water partition coefficient (Wildman–Crippen LogP) is 0.791. The number of piperazine rings is 1. The third-order valence-corrected chi connectivity index (χ3v) is 5.64. The molecule has 1 aromatic carbocycles. The van der Waals surface area contributed by atoms with Crippen LogP contribution >= 0.6 is 0 Å². The van der Waals surface area contributed by atoms with E-state index in [9.17, 15) is 14.7 Å². The highest BCUT2D eigenvalue weighted by Gasteiger charge is 2.31. The van der Waals surface area contributed by atoms with E-state index in [4.69, 9.17) is 0 Å². The smallest absolute Gasteiger partial charge is 0.236 e. The van der Waals surface area contributed by atoms with Gasteiger partial charge in [-0.1, -0.05) is 0 Å². The minimum Gasteiger partial charge on any atom is -0.508 e. The predicted molar refractivity (Wildman–Crippen MR) is 112 cm³/mol. The van der Waals surface area contributed by atoms with Crippen molar-refractivity contribution in [1.29, 1.82) is 0 Å². The topological polar surface area (TPSA) is 102 Å². The fourth-order valence-electron chi connectivity index (χ4n) is 3.91. The molecule has 4 rings (SSSR count). The number of aromatic nitrogens is 2. The van der Waals surface area contributed by atoms with Crippen molar-refractivity contribution in [3.05, 3.63) is 42.9 Å². The molecule has 2 aliphatic rings. The van der Waals surface area contributed by atoms with E-state index in [1.54, 1.807) is 42.9 Å². The van der Waals surface area contributed by atoms with Crippen molar-refractivity contribution in [2.75, 3.05) is 56.0 Å². The number of hydrogen-bond donors (Lipinski definition) is 2. The quantitative estimate of drug-likeness (QED) is 0.703. The van der Waals surface area contributed by atoms with E-state index in [0.717, 1.165) is 31.9 Å². The summed E-state index contributed by atoms with van der Waals surface area (Å²) in [5.41, 5.74) is 0.660. The fraction of sp³-hybridized carbons (Fsp3) is 0.429. The number of carbonyl (C=O) groups excluding carboxylic acids is 2. The minimum atomic E-state index is -0.139. The first-order valence-electron chi connectivity index (χ1n) is 10.2. The van der Waals surface area contributed by atoms with E-state index >= 15 is 0 Å². The Morgan fingerprint density at radius 3 is 2.53 bits per heavy atom. The lowest BCUT2D eigenvalue weighted by molar-refractivity contribution is -0.132. The van der Waals surface area contributed by atoms with E-state index in [1.165, 1.54) is 0 Å². The summed E-state index contributed by atoms with van der Waals surface area (Å²) in [7, 11) is 0. The normalized spacial score (nSPS) is 19.7.